The fourth-order valence-corrected chi connectivity index (χ4v) is 3.10. The van der Waals surface area contributed by atoms with E-state index < -0.39 is 4.92 Å². The van der Waals surface area contributed by atoms with Crippen LogP contribution >= 0.6 is 12.4 Å². The summed E-state index contributed by atoms with van der Waals surface area (Å²) in [6.07, 6.45) is 0.890. The van der Waals surface area contributed by atoms with Crippen molar-refractivity contribution in [2.75, 3.05) is 25.5 Å². The number of nitro benzene ring substituents is 1. The van der Waals surface area contributed by atoms with Gasteiger partial charge in [-0.1, -0.05) is 30.3 Å². The lowest BCUT2D eigenvalue weighted by Crippen LogP contribution is -2.38. The zero-order chi connectivity index (χ0) is 18.5. The maximum atomic E-state index is 12.7. The maximum absolute atomic E-state index is 12.7. The van der Waals surface area contributed by atoms with E-state index in [1.54, 1.807) is 24.1 Å². The second kappa shape index (κ2) is 9.34. The van der Waals surface area contributed by atoms with Crippen molar-refractivity contribution in [2.24, 2.45) is 0 Å². The van der Waals surface area contributed by atoms with Gasteiger partial charge in [-0.15, -0.1) is 12.4 Å². The molecule has 1 fully saturated rings. The number of hydrogen-bond donors (Lipinski definition) is 2. The number of carbonyl (C=O) groups is 1. The van der Waals surface area contributed by atoms with E-state index in [-0.39, 0.29) is 30.0 Å². The minimum atomic E-state index is -0.457. The van der Waals surface area contributed by atoms with Crippen LogP contribution in [0.15, 0.2) is 48.5 Å². The van der Waals surface area contributed by atoms with Crippen molar-refractivity contribution in [1.82, 2.24) is 10.2 Å². The van der Waals surface area contributed by atoms with Gasteiger partial charge in [0, 0.05) is 37.8 Å². The molecule has 2 aromatic rings. The third kappa shape index (κ3) is 4.96. The van der Waals surface area contributed by atoms with Gasteiger partial charge in [-0.05, 0) is 30.7 Å². The van der Waals surface area contributed by atoms with Crippen LogP contribution in [0.3, 0.4) is 0 Å². The topological polar surface area (TPSA) is 87.5 Å². The third-order valence-electron chi connectivity index (χ3n) is 4.67. The molecule has 0 aromatic heterocycles. The van der Waals surface area contributed by atoms with Gasteiger partial charge in [-0.3, -0.25) is 14.9 Å². The molecular weight excluding hydrogens is 368 g/mol. The van der Waals surface area contributed by atoms with Crippen LogP contribution < -0.4 is 10.6 Å². The molecule has 2 aromatic carbocycles. The lowest BCUT2D eigenvalue weighted by molar-refractivity contribution is -0.384. The van der Waals surface area contributed by atoms with Crippen molar-refractivity contribution < 1.29 is 9.72 Å². The minimum absolute atomic E-state index is 0. The van der Waals surface area contributed by atoms with Crippen molar-refractivity contribution in [3.05, 3.63) is 69.8 Å². The number of benzene rings is 2. The van der Waals surface area contributed by atoms with E-state index in [1.807, 2.05) is 30.3 Å². The molecule has 0 bridgehead atoms. The highest BCUT2D eigenvalue weighted by Crippen LogP contribution is 2.27. The lowest BCUT2D eigenvalue weighted by atomic mass is 10.1. The monoisotopic (exact) mass is 390 g/mol. The van der Waals surface area contributed by atoms with Crippen LogP contribution in [0.1, 0.15) is 22.3 Å². The molecule has 27 heavy (non-hydrogen) atoms. The zero-order valence-corrected chi connectivity index (χ0v) is 15.9. The Bertz CT molecular complexity index is 795. The Kier molecular flexibility index (Phi) is 7.15. The summed E-state index contributed by atoms with van der Waals surface area (Å²) in [5.41, 5.74) is 1.66. The molecule has 7 nitrogen and oxygen atoms in total. The standard InChI is InChI=1S/C19H22N4O3.ClH/c1-22(16-9-10-20-13-16)19(24)15-7-8-17(18(11-15)23(25)26)21-12-14-5-3-2-4-6-14;/h2-8,11,16,20-21H,9-10,12-13H2,1H3;1H. The first-order valence-electron chi connectivity index (χ1n) is 8.60. The van der Waals surface area contributed by atoms with Crippen LogP contribution in [-0.2, 0) is 6.54 Å². The summed E-state index contributed by atoms with van der Waals surface area (Å²) in [4.78, 5) is 25.3. The Morgan fingerprint density at radius 3 is 2.67 bits per heavy atom. The van der Waals surface area contributed by atoms with Crippen LogP contribution in [0.5, 0.6) is 0 Å². The highest BCUT2D eigenvalue weighted by molar-refractivity contribution is 5.95. The fourth-order valence-electron chi connectivity index (χ4n) is 3.10. The molecule has 3 rings (SSSR count). The number of likely N-dealkylation sites (N-methyl/N-ethyl adjacent to an activating group) is 1. The quantitative estimate of drug-likeness (QED) is 0.584. The van der Waals surface area contributed by atoms with Crippen LogP contribution in [0.4, 0.5) is 11.4 Å². The number of rotatable bonds is 6. The molecule has 8 heteroatoms. The van der Waals surface area contributed by atoms with Crippen molar-refractivity contribution in [3.8, 4) is 0 Å². The molecule has 0 saturated carbocycles. The molecule has 144 valence electrons. The molecule has 0 aliphatic carbocycles. The second-order valence-electron chi connectivity index (χ2n) is 6.39. The van der Waals surface area contributed by atoms with Gasteiger partial charge in [0.15, 0.2) is 0 Å². The highest BCUT2D eigenvalue weighted by atomic mass is 35.5. The van der Waals surface area contributed by atoms with E-state index in [0.29, 0.717) is 17.8 Å². The summed E-state index contributed by atoms with van der Waals surface area (Å²) in [6, 6.07) is 14.4. The van der Waals surface area contributed by atoms with Crippen LogP contribution in [0, 0.1) is 10.1 Å². The van der Waals surface area contributed by atoms with E-state index in [1.165, 1.54) is 6.07 Å². The molecule has 0 radical (unpaired) electrons. The molecule has 0 spiro atoms. The number of anilines is 1. The van der Waals surface area contributed by atoms with Crippen molar-refractivity contribution in [2.45, 2.75) is 19.0 Å². The Morgan fingerprint density at radius 1 is 1.30 bits per heavy atom. The highest BCUT2D eigenvalue weighted by Gasteiger charge is 2.26. The summed E-state index contributed by atoms with van der Waals surface area (Å²) in [6.45, 7) is 2.11. The van der Waals surface area contributed by atoms with E-state index in [4.69, 9.17) is 0 Å². The first kappa shape index (κ1) is 20.7. The molecule has 1 amide bonds. The van der Waals surface area contributed by atoms with Crippen molar-refractivity contribution in [3.63, 3.8) is 0 Å². The number of hydrogen-bond acceptors (Lipinski definition) is 5. The molecule has 1 heterocycles. The molecule has 1 saturated heterocycles. The molecule has 1 atom stereocenters. The molecule has 1 aliphatic rings. The predicted molar refractivity (Wildman–Crippen MR) is 107 cm³/mol. The van der Waals surface area contributed by atoms with Gasteiger partial charge >= 0.3 is 0 Å². The van der Waals surface area contributed by atoms with E-state index >= 15 is 0 Å². The predicted octanol–water partition coefficient (Wildman–Crippen LogP) is 3.06. The molecule has 1 aliphatic heterocycles. The number of nitrogens with zero attached hydrogens (tertiary/aromatic N) is 2. The number of nitrogens with one attached hydrogen (secondary N) is 2. The average molecular weight is 391 g/mol. The minimum Gasteiger partial charge on any atom is -0.375 e. The van der Waals surface area contributed by atoms with E-state index in [2.05, 4.69) is 10.6 Å². The van der Waals surface area contributed by atoms with Gasteiger partial charge < -0.3 is 15.5 Å². The number of amides is 1. The van der Waals surface area contributed by atoms with Crippen LogP contribution in [-0.4, -0.2) is 41.9 Å². The van der Waals surface area contributed by atoms with Gasteiger partial charge in [0.25, 0.3) is 11.6 Å². The first-order chi connectivity index (χ1) is 12.6. The fraction of sp³-hybridized carbons (Fsp3) is 0.316. The van der Waals surface area contributed by atoms with E-state index in [9.17, 15) is 14.9 Å². The normalized spacial score (nSPS) is 15.7. The summed E-state index contributed by atoms with van der Waals surface area (Å²) < 4.78 is 0. The molecule has 2 N–H and O–H groups in total. The van der Waals surface area contributed by atoms with Crippen LogP contribution in [0.2, 0.25) is 0 Å². The Hall–Kier alpha value is -2.64. The summed E-state index contributed by atoms with van der Waals surface area (Å²) in [5, 5.41) is 17.8. The largest absolute Gasteiger partial charge is 0.375 e. The van der Waals surface area contributed by atoms with Gasteiger partial charge in [-0.25, -0.2) is 0 Å². The first-order valence-corrected chi connectivity index (χ1v) is 8.60. The van der Waals surface area contributed by atoms with E-state index in [0.717, 1.165) is 25.1 Å². The number of nitro groups is 1. The van der Waals surface area contributed by atoms with Gasteiger partial charge in [0.05, 0.1) is 4.92 Å². The molecule has 1 unspecified atom stereocenters. The Morgan fingerprint density at radius 2 is 2.04 bits per heavy atom. The third-order valence-corrected chi connectivity index (χ3v) is 4.67. The van der Waals surface area contributed by atoms with Crippen molar-refractivity contribution >= 4 is 29.7 Å². The summed E-state index contributed by atoms with van der Waals surface area (Å²) in [5.74, 6) is -0.198. The van der Waals surface area contributed by atoms with Gasteiger partial charge in [-0.2, -0.15) is 0 Å². The second-order valence-corrected chi connectivity index (χ2v) is 6.39. The SMILES string of the molecule is CN(C(=O)c1ccc(NCc2ccccc2)c([N+](=O)[O-])c1)C1CCNC1.Cl. The van der Waals surface area contributed by atoms with Crippen LogP contribution in [0.25, 0.3) is 0 Å². The maximum Gasteiger partial charge on any atom is 0.293 e. The summed E-state index contributed by atoms with van der Waals surface area (Å²) in [7, 11) is 1.74. The smallest absolute Gasteiger partial charge is 0.293 e. The lowest BCUT2D eigenvalue weighted by Gasteiger charge is -2.23. The number of halogens is 1. The Balaban J connectivity index is 0.00000261. The number of carbonyl (C=O) groups excluding carboxylic acids is 1. The Labute approximate surface area is 164 Å². The average Bonchev–Trinajstić information content (AvgIpc) is 3.20. The zero-order valence-electron chi connectivity index (χ0n) is 15.1. The molecular formula is C19H23ClN4O3. The van der Waals surface area contributed by atoms with Crippen molar-refractivity contribution in [1.29, 1.82) is 0 Å². The van der Waals surface area contributed by atoms with Gasteiger partial charge in [0.1, 0.15) is 5.69 Å². The van der Waals surface area contributed by atoms with Gasteiger partial charge in [0.2, 0.25) is 0 Å². The summed E-state index contributed by atoms with van der Waals surface area (Å²) >= 11 is 0.